The van der Waals surface area contributed by atoms with Crippen LogP contribution in [0.3, 0.4) is 0 Å². The molecule has 1 fully saturated rings. The van der Waals surface area contributed by atoms with E-state index in [9.17, 15) is 18.0 Å². The number of carbonyl (C=O) groups is 1. The van der Waals surface area contributed by atoms with Crippen molar-refractivity contribution in [3.8, 4) is 0 Å². The fourth-order valence-corrected chi connectivity index (χ4v) is 4.78. The number of anilines is 1. The molecule has 0 bridgehead atoms. The van der Waals surface area contributed by atoms with Crippen molar-refractivity contribution >= 4 is 32.6 Å². The third kappa shape index (κ3) is 3.44. The highest BCUT2D eigenvalue weighted by Crippen LogP contribution is 2.23. The van der Waals surface area contributed by atoms with Crippen LogP contribution in [-0.2, 0) is 10.0 Å². The Kier molecular flexibility index (Phi) is 4.74. The molecule has 3 aromatic rings. The molecule has 0 saturated carbocycles. The lowest BCUT2D eigenvalue weighted by atomic mass is 10.2. The molecule has 1 saturated heterocycles. The van der Waals surface area contributed by atoms with Gasteiger partial charge < -0.3 is 9.73 Å². The second-order valence-corrected chi connectivity index (χ2v) is 8.50. The number of nitrogens with one attached hydrogen (secondary N) is 1. The zero-order chi connectivity index (χ0) is 19.7. The van der Waals surface area contributed by atoms with E-state index in [0.717, 1.165) is 18.9 Å². The zero-order valence-corrected chi connectivity index (χ0v) is 15.7. The molecular weight excluding hydrogens is 380 g/mol. The number of para-hydroxylation sites is 1. The standard InChI is InChI=1S/C20H18N2O5S/c23-17-13-19(27-18-9-2-1-8-16(17)18)20(24)21-14-6-5-7-15(12-14)28(25,26)22-10-3-4-11-22/h1-2,5-9,12-13H,3-4,10-11H2,(H,21,24). The van der Waals surface area contributed by atoms with Gasteiger partial charge in [-0.25, -0.2) is 8.42 Å². The molecule has 2 aromatic carbocycles. The van der Waals surface area contributed by atoms with Gasteiger partial charge in [-0.1, -0.05) is 18.2 Å². The van der Waals surface area contributed by atoms with Crippen molar-refractivity contribution in [2.75, 3.05) is 18.4 Å². The predicted molar refractivity (Wildman–Crippen MR) is 105 cm³/mol. The maximum atomic E-state index is 12.7. The van der Waals surface area contributed by atoms with Crippen molar-refractivity contribution in [3.05, 3.63) is 70.6 Å². The first-order chi connectivity index (χ1) is 13.4. The molecule has 1 aliphatic heterocycles. The van der Waals surface area contributed by atoms with E-state index in [4.69, 9.17) is 4.42 Å². The van der Waals surface area contributed by atoms with E-state index < -0.39 is 15.9 Å². The van der Waals surface area contributed by atoms with Crippen molar-refractivity contribution in [3.63, 3.8) is 0 Å². The number of benzene rings is 2. The van der Waals surface area contributed by atoms with E-state index in [1.807, 2.05) is 0 Å². The van der Waals surface area contributed by atoms with Crippen molar-refractivity contribution < 1.29 is 17.6 Å². The second kappa shape index (κ2) is 7.21. The van der Waals surface area contributed by atoms with Gasteiger partial charge in [-0.05, 0) is 43.2 Å². The van der Waals surface area contributed by atoms with Gasteiger partial charge >= 0.3 is 0 Å². The summed E-state index contributed by atoms with van der Waals surface area (Å²) in [6.07, 6.45) is 1.69. The van der Waals surface area contributed by atoms with Gasteiger partial charge in [0.05, 0.1) is 10.3 Å². The first kappa shape index (κ1) is 18.4. The van der Waals surface area contributed by atoms with Gasteiger partial charge in [0.25, 0.3) is 5.91 Å². The van der Waals surface area contributed by atoms with E-state index in [1.165, 1.54) is 16.4 Å². The zero-order valence-electron chi connectivity index (χ0n) is 14.9. The summed E-state index contributed by atoms with van der Waals surface area (Å²) in [6.45, 7) is 1.00. The molecule has 144 valence electrons. The number of fused-ring (bicyclic) bond motifs is 1. The van der Waals surface area contributed by atoms with Gasteiger partial charge in [0, 0.05) is 24.8 Å². The van der Waals surface area contributed by atoms with Crippen LogP contribution in [0.4, 0.5) is 5.69 Å². The molecular formula is C20H18N2O5S. The molecule has 7 nitrogen and oxygen atoms in total. The molecule has 2 heterocycles. The summed E-state index contributed by atoms with van der Waals surface area (Å²) in [6, 6.07) is 13.8. The van der Waals surface area contributed by atoms with E-state index in [1.54, 1.807) is 36.4 Å². The Bertz CT molecular complexity index is 1210. The molecule has 0 atom stereocenters. The monoisotopic (exact) mass is 398 g/mol. The first-order valence-corrected chi connectivity index (χ1v) is 10.3. The summed E-state index contributed by atoms with van der Waals surface area (Å²) in [5, 5.41) is 2.99. The van der Waals surface area contributed by atoms with Crippen LogP contribution in [0.1, 0.15) is 23.4 Å². The summed E-state index contributed by atoms with van der Waals surface area (Å²) >= 11 is 0. The molecule has 28 heavy (non-hydrogen) atoms. The van der Waals surface area contributed by atoms with Gasteiger partial charge in [0.15, 0.2) is 11.2 Å². The van der Waals surface area contributed by atoms with Crippen LogP contribution in [0.5, 0.6) is 0 Å². The van der Waals surface area contributed by atoms with Crippen LogP contribution in [0.15, 0.2) is 68.7 Å². The van der Waals surface area contributed by atoms with Crippen LogP contribution in [-0.4, -0.2) is 31.7 Å². The molecule has 0 spiro atoms. The van der Waals surface area contributed by atoms with Gasteiger partial charge in [-0.2, -0.15) is 4.31 Å². The number of amides is 1. The van der Waals surface area contributed by atoms with E-state index in [0.29, 0.717) is 29.7 Å². The van der Waals surface area contributed by atoms with Crippen LogP contribution in [0.25, 0.3) is 11.0 Å². The van der Waals surface area contributed by atoms with Crippen molar-refractivity contribution in [1.29, 1.82) is 0 Å². The summed E-state index contributed by atoms with van der Waals surface area (Å²) in [4.78, 5) is 24.8. The molecule has 1 N–H and O–H groups in total. The molecule has 0 unspecified atom stereocenters. The summed E-state index contributed by atoms with van der Waals surface area (Å²) in [5.74, 6) is -0.768. The van der Waals surface area contributed by atoms with Gasteiger partial charge in [0.1, 0.15) is 5.58 Å². The maximum absolute atomic E-state index is 12.7. The number of nitrogens with zero attached hydrogens (tertiary/aromatic N) is 1. The topological polar surface area (TPSA) is 96.7 Å². The van der Waals surface area contributed by atoms with Crippen LogP contribution >= 0.6 is 0 Å². The largest absolute Gasteiger partial charge is 0.451 e. The quantitative estimate of drug-likeness (QED) is 0.729. The Hall–Kier alpha value is -2.97. The summed E-state index contributed by atoms with van der Waals surface area (Å²) < 4.78 is 32.3. The minimum atomic E-state index is -3.59. The lowest BCUT2D eigenvalue weighted by molar-refractivity contribution is 0.0997. The highest BCUT2D eigenvalue weighted by molar-refractivity contribution is 7.89. The Morgan fingerprint density at radius 2 is 1.75 bits per heavy atom. The molecule has 1 aromatic heterocycles. The van der Waals surface area contributed by atoms with Gasteiger partial charge in [-0.3, -0.25) is 9.59 Å². The SMILES string of the molecule is O=C(Nc1cccc(S(=O)(=O)N2CCCC2)c1)c1cc(=O)c2ccccc2o1. The van der Waals surface area contributed by atoms with Crippen molar-refractivity contribution in [2.24, 2.45) is 0 Å². The van der Waals surface area contributed by atoms with E-state index >= 15 is 0 Å². The highest BCUT2D eigenvalue weighted by atomic mass is 32.2. The Labute approximate surface area is 161 Å². The molecule has 1 amide bonds. The Morgan fingerprint density at radius 1 is 1.00 bits per heavy atom. The number of hydrogen-bond acceptors (Lipinski definition) is 5. The van der Waals surface area contributed by atoms with Crippen LogP contribution < -0.4 is 10.7 Å². The average Bonchev–Trinajstić information content (AvgIpc) is 3.24. The molecule has 0 aliphatic carbocycles. The van der Waals surface area contributed by atoms with E-state index in [2.05, 4.69) is 5.32 Å². The van der Waals surface area contributed by atoms with E-state index in [-0.39, 0.29) is 16.1 Å². The second-order valence-electron chi connectivity index (χ2n) is 6.56. The molecule has 0 radical (unpaired) electrons. The van der Waals surface area contributed by atoms with Gasteiger partial charge in [0.2, 0.25) is 10.0 Å². The average molecular weight is 398 g/mol. The number of rotatable bonds is 4. The predicted octanol–water partition coefficient (Wildman–Crippen LogP) is 2.83. The summed E-state index contributed by atoms with van der Waals surface area (Å²) in [5.41, 5.74) is 0.295. The third-order valence-corrected chi connectivity index (χ3v) is 6.55. The smallest absolute Gasteiger partial charge is 0.291 e. The summed E-state index contributed by atoms with van der Waals surface area (Å²) in [7, 11) is -3.59. The molecule has 8 heteroatoms. The molecule has 1 aliphatic rings. The Balaban J connectivity index is 1.61. The van der Waals surface area contributed by atoms with Crippen molar-refractivity contribution in [1.82, 2.24) is 4.31 Å². The molecule has 4 rings (SSSR count). The Morgan fingerprint density at radius 3 is 2.54 bits per heavy atom. The van der Waals surface area contributed by atoms with Gasteiger partial charge in [-0.15, -0.1) is 0 Å². The highest BCUT2D eigenvalue weighted by Gasteiger charge is 2.27. The van der Waals surface area contributed by atoms with Crippen molar-refractivity contribution in [2.45, 2.75) is 17.7 Å². The fraction of sp³-hybridized carbons (Fsp3) is 0.200. The number of hydrogen-bond donors (Lipinski definition) is 1. The fourth-order valence-electron chi connectivity index (χ4n) is 3.22. The van der Waals surface area contributed by atoms with Crippen LogP contribution in [0.2, 0.25) is 0 Å². The lowest BCUT2D eigenvalue weighted by Crippen LogP contribution is -2.27. The van der Waals surface area contributed by atoms with Crippen LogP contribution in [0, 0.1) is 0 Å². The number of sulfonamides is 1. The third-order valence-electron chi connectivity index (χ3n) is 4.65. The minimum absolute atomic E-state index is 0.118. The lowest BCUT2D eigenvalue weighted by Gasteiger charge is -2.16. The minimum Gasteiger partial charge on any atom is -0.451 e. The maximum Gasteiger partial charge on any atom is 0.291 e. The number of carbonyl (C=O) groups excluding carboxylic acids is 1. The normalized spacial score (nSPS) is 15.0. The first-order valence-electron chi connectivity index (χ1n) is 8.90.